The van der Waals surface area contributed by atoms with E-state index in [1.54, 1.807) is 6.07 Å². The monoisotopic (exact) mass is 327 g/mol. The molecule has 3 rings (SSSR count). The van der Waals surface area contributed by atoms with Gasteiger partial charge in [0.05, 0.1) is 10.6 Å². The summed E-state index contributed by atoms with van der Waals surface area (Å²) in [7, 11) is -4.75. The molecule has 110 valence electrons. The topological polar surface area (TPSA) is 80.2 Å². The highest BCUT2D eigenvalue weighted by molar-refractivity contribution is 7.87. The van der Waals surface area contributed by atoms with E-state index >= 15 is 0 Å². The van der Waals surface area contributed by atoms with Crippen LogP contribution in [0.1, 0.15) is 6.42 Å². The minimum absolute atomic E-state index is 0.0945. The van der Waals surface area contributed by atoms with E-state index in [9.17, 15) is 17.1 Å². The van der Waals surface area contributed by atoms with Crippen molar-refractivity contribution in [1.82, 2.24) is 9.97 Å². The van der Waals surface area contributed by atoms with Crippen molar-refractivity contribution < 1.29 is 17.1 Å². The summed E-state index contributed by atoms with van der Waals surface area (Å²) < 4.78 is 34.9. The maximum absolute atomic E-state index is 13.0. The van der Waals surface area contributed by atoms with E-state index in [1.807, 2.05) is 17.5 Å². The zero-order valence-corrected chi connectivity index (χ0v) is 12.3. The van der Waals surface area contributed by atoms with Crippen LogP contribution in [0, 0.1) is 0 Å². The van der Waals surface area contributed by atoms with Gasteiger partial charge >= 0.3 is 10.2 Å². The van der Waals surface area contributed by atoms with E-state index in [-0.39, 0.29) is 18.9 Å². The number of nitrogens with zero attached hydrogens (tertiary/aromatic N) is 3. The molecular weight excluding hydrogens is 317 g/mol. The van der Waals surface area contributed by atoms with Gasteiger partial charge in [-0.15, -0.1) is 15.2 Å². The Morgan fingerprint density at radius 2 is 2.19 bits per heavy atom. The van der Waals surface area contributed by atoms with Crippen LogP contribution in [0.5, 0.6) is 0 Å². The largest absolute Gasteiger partial charge is 0.307 e. The molecule has 0 saturated carbocycles. The second kappa shape index (κ2) is 5.15. The van der Waals surface area contributed by atoms with E-state index in [0.717, 1.165) is 9.78 Å². The van der Waals surface area contributed by atoms with Crippen molar-refractivity contribution in [2.75, 3.05) is 11.4 Å². The molecule has 3 heterocycles. The number of carbonyl (C=O) groups excluding carboxylic acids is 1. The third-order valence-electron chi connectivity index (χ3n) is 3.15. The van der Waals surface area contributed by atoms with Gasteiger partial charge in [0.2, 0.25) is 11.9 Å². The molecule has 1 unspecified atom stereocenters. The first-order valence-corrected chi connectivity index (χ1v) is 8.38. The van der Waals surface area contributed by atoms with Gasteiger partial charge < -0.3 is 0 Å². The highest BCUT2D eigenvalue weighted by atomic mass is 32.3. The highest BCUT2D eigenvalue weighted by Gasteiger charge is 2.40. The van der Waals surface area contributed by atoms with E-state index in [4.69, 9.17) is 0 Å². The van der Waals surface area contributed by atoms with Crippen LogP contribution in [0.2, 0.25) is 0 Å². The van der Waals surface area contributed by atoms with Crippen molar-refractivity contribution in [3.63, 3.8) is 0 Å². The normalized spacial score (nSPS) is 19.2. The van der Waals surface area contributed by atoms with Gasteiger partial charge in [-0.2, -0.15) is 8.42 Å². The lowest BCUT2D eigenvalue weighted by Crippen LogP contribution is -2.28. The molecule has 6 nitrogen and oxygen atoms in total. The molecule has 9 heteroatoms. The predicted octanol–water partition coefficient (Wildman–Crippen LogP) is 1.61. The Bertz CT molecular complexity index is 777. The zero-order chi connectivity index (χ0) is 15.0. The minimum Gasteiger partial charge on any atom is -0.279 e. The molecule has 0 bridgehead atoms. The zero-order valence-electron chi connectivity index (χ0n) is 10.6. The lowest BCUT2D eigenvalue weighted by molar-refractivity contribution is -0.117. The molecule has 0 N–H and O–H groups in total. The van der Waals surface area contributed by atoms with Gasteiger partial charge in [-0.1, -0.05) is 6.07 Å². The number of carbonyl (C=O) groups is 1. The molecule has 0 aliphatic carbocycles. The first-order valence-electron chi connectivity index (χ1n) is 6.06. The summed E-state index contributed by atoms with van der Waals surface area (Å²) in [6, 6.07) is 5.44. The van der Waals surface area contributed by atoms with Crippen LogP contribution in [0.4, 0.5) is 9.83 Å². The highest BCUT2D eigenvalue weighted by Crippen LogP contribution is 2.27. The van der Waals surface area contributed by atoms with Gasteiger partial charge in [0.1, 0.15) is 5.25 Å². The van der Waals surface area contributed by atoms with Crippen molar-refractivity contribution in [2.24, 2.45) is 0 Å². The fourth-order valence-electron chi connectivity index (χ4n) is 2.10. The molecule has 1 atom stereocenters. The fraction of sp³-hybridized carbons (Fsp3) is 0.250. The number of halogens is 1. The molecule has 21 heavy (non-hydrogen) atoms. The summed E-state index contributed by atoms with van der Waals surface area (Å²) in [6.45, 7) is -0.258. The molecule has 1 saturated heterocycles. The van der Waals surface area contributed by atoms with Crippen LogP contribution in [0.25, 0.3) is 10.6 Å². The molecule has 0 spiro atoms. The third-order valence-corrected chi connectivity index (χ3v) is 5.15. The summed E-state index contributed by atoms with van der Waals surface area (Å²) in [5.74, 6) is -0.401. The maximum Gasteiger partial charge on any atom is 0.307 e. The Labute approximate surface area is 124 Å². The van der Waals surface area contributed by atoms with Crippen LogP contribution in [0.3, 0.4) is 0 Å². The van der Waals surface area contributed by atoms with Crippen LogP contribution in [-0.4, -0.2) is 36.1 Å². The van der Waals surface area contributed by atoms with Crippen molar-refractivity contribution >= 4 is 33.4 Å². The fourth-order valence-corrected chi connectivity index (χ4v) is 3.46. The lowest BCUT2D eigenvalue weighted by Gasteiger charge is -2.13. The third kappa shape index (κ3) is 2.79. The summed E-state index contributed by atoms with van der Waals surface area (Å²) in [5, 5.41) is 0.545. The van der Waals surface area contributed by atoms with Crippen LogP contribution >= 0.6 is 11.3 Å². The second-order valence-corrected chi connectivity index (χ2v) is 7.09. The van der Waals surface area contributed by atoms with E-state index in [0.29, 0.717) is 5.69 Å². The molecule has 2 aromatic rings. The Morgan fingerprint density at radius 3 is 2.81 bits per heavy atom. The van der Waals surface area contributed by atoms with Crippen molar-refractivity contribution in [3.8, 4) is 10.6 Å². The first kappa shape index (κ1) is 14.1. The summed E-state index contributed by atoms with van der Waals surface area (Å²) in [4.78, 5) is 22.1. The minimum atomic E-state index is -4.75. The number of anilines is 1. The Kier molecular flexibility index (Phi) is 3.46. The molecule has 2 aromatic heterocycles. The summed E-state index contributed by atoms with van der Waals surface area (Å²) in [5.41, 5.74) is 0.634. The molecule has 0 radical (unpaired) electrons. The van der Waals surface area contributed by atoms with E-state index in [1.165, 1.54) is 17.5 Å². The second-order valence-electron chi connectivity index (χ2n) is 4.53. The molecule has 1 aliphatic heterocycles. The quantitative estimate of drug-likeness (QED) is 0.800. The molecular formula is C12H10FN3O3S2. The van der Waals surface area contributed by atoms with Crippen molar-refractivity contribution in [3.05, 3.63) is 29.8 Å². The van der Waals surface area contributed by atoms with Gasteiger partial charge in [0.25, 0.3) is 0 Å². The Morgan fingerprint density at radius 1 is 1.38 bits per heavy atom. The number of amides is 1. The number of hydrogen-bond acceptors (Lipinski definition) is 6. The number of hydrogen-bond donors (Lipinski definition) is 0. The SMILES string of the molecule is O=C1CC(S(=O)(=O)F)CN1c1nccc(-c2cccs2)n1. The van der Waals surface area contributed by atoms with Gasteiger partial charge in [-0.05, 0) is 17.5 Å². The smallest absolute Gasteiger partial charge is 0.279 e. The Balaban J connectivity index is 1.91. The van der Waals surface area contributed by atoms with Crippen molar-refractivity contribution in [1.29, 1.82) is 0 Å². The predicted molar refractivity (Wildman–Crippen MR) is 76.1 cm³/mol. The average molecular weight is 327 g/mol. The average Bonchev–Trinajstić information content (AvgIpc) is 3.07. The van der Waals surface area contributed by atoms with Crippen LogP contribution < -0.4 is 4.90 Å². The number of thiophene rings is 1. The summed E-state index contributed by atoms with van der Waals surface area (Å²) in [6.07, 6.45) is 1.10. The van der Waals surface area contributed by atoms with Gasteiger partial charge in [-0.25, -0.2) is 9.97 Å². The van der Waals surface area contributed by atoms with Crippen molar-refractivity contribution in [2.45, 2.75) is 11.7 Å². The Hall–Kier alpha value is -1.87. The molecule has 1 amide bonds. The van der Waals surface area contributed by atoms with Crippen LogP contribution in [0.15, 0.2) is 29.8 Å². The van der Waals surface area contributed by atoms with E-state index in [2.05, 4.69) is 9.97 Å². The standard InChI is InChI=1S/C12H10FN3O3S2/c13-21(18,19)8-6-11(17)16(7-8)12-14-4-3-9(15-12)10-2-1-5-20-10/h1-5,8H,6-7H2. The number of aromatic nitrogens is 2. The number of rotatable bonds is 3. The van der Waals surface area contributed by atoms with Gasteiger partial charge in [0.15, 0.2) is 0 Å². The van der Waals surface area contributed by atoms with E-state index < -0.39 is 21.4 Å². The molecule has 1 fully saturated rings. The lowest BCUT2D eigenvalue weighted by atomic mass is 10.3. The molecule has 1 aliphatic rings. The molecule has 0 aromatic carbocycles. The van der Waals surface area contributed by atoms with Crippen LogP contribution in [-0.2, 0) is 15.0 Å². The maximum atomic E-state index is 13.0. The summed E-state index contributed by atoms with van der Waals surface area (Å²) >= 11 is 1.48. The van der Waals surface area contributed by atoms with Gasteiger partial charge in [0, 0.05) is 19.2 Å². The first-order chi connectivity index (χ1) is 9.95. The van der Waals surface area contributed by atoms with Gasteiger partial charge in [-0.3, -0.25) is 9.69 Å².